The van der Waals surface area contributed by atoms with Crippen LogP contribution in [0, 0.1) is 6.92 Å². The van der Waals surface area contributed by atoms with Crippen LogP contribution in [0.15, 0.2) is 99.6 Å². The average molecular weight is 627 g/mol. The molecule has 1 aliphatic rings. The van der Waals surface area contributed by atoms with Gasteiger partial charge in [-0.05, 0) is 68.1 Å². The number of nitrogens with one attached hydrogen (secondary N) is 2. The van der Waals surface area contributed by atoms with E-state index >= 15 is 0 Å². The number of aromatic hydroxyl groups is 1. The zero-order valence-corrected chi connectivity index (χ0v) is 25.7. The van der Waals surface area contributed by atoms with Gasteiger partial charge in [0.1, 0.15) is 5.69 Å². The molecule has 0 bridgehead atoms. The first-order valence-electron chi connectivity index (χ1n) is 14.2. The van der Waals surface area contributed by atoms with Gasteiger partial charge in [-0.3, -0.25) is 9.59 Å². The lowest BCUT2D eigenvalue weighted by Crippen LogP contribution is -2.25. The van der Waals surface area contributed by atoms with Crippen molar-refractivity contribution >= 4 is 38.5 Å². The molecule has 0 unspecified atom stereocenters. The third-order valence-corrected chi connectivity index (χ3v) is 10.2. The van der Waals surface area contributed by atoms with Crippen LogP contribution in [0.3, 0.4) is 0 Å². The number of thiazole rings is 1. The van der Waals surface area contributed by atoms with E-state index < -0.39 is 26.0 Å². The quantitative estimate of drug-likeness (QED) is 0.181. The molecule has 224 valence electrons. The number of anilines is 2. The first-order chi connectivity index (χ1) is 21.2. The summed E-state index contributed by atoms with van der Waals surface area (Å²) in [5.74, 6) is -0.828. The number of H-pyrrole nitrogens is 1. The van der Waals surface area contributed by atoms with Gasteiger partial charge in [-0.25, -0.2) is 13.4 Å². The van der Waals surface area contributed by atoms with Gasteiger partial charge < -0.3 is 20.3 Å². The number of carbonyl (C=O) groups is 1. The maximum Gasteiger partial charge on any atom is 0.271 e. The maximum absolute atomic E-state index is 14.0. The van der Waals surface area contributed by atoms with E-state index in [0.29, 0.717) is 33.8 Å². The molecule has 3 N–H and O–H groups in total. The molecule has 0 atom stereocenters. The SMILES string of the molecule is CCN(c1ccccc1)c1c(-c2cnc(C)s2)[nH]c(=O)c(S(=O)(=O)c2ccc(-c3ccccc3C(=O)NC3CC3)cc2)c1O. The van der Waals surface area contributed by atoms with Crippen molar-refractivity contribution in [2.45, 2.75) is 42.5 Å². The second kappa shape index (κ2) is 11.7. The van der Waals surface area contributed by atoms with Gasteiger partial charge >= 0.3 is 0 Å². The Hall–Kier alpha value is -4.74. The molecule has 1 amide bonds. The van der Waals surface area contributed by atoms with Crippen molar-refractivity contribution in [1.82, 2.24) is 15.3 Å². The molecule has 2 heterocycles. The highest BCUT2D eigenvalue weighted by Crippen LogP contribution is 2.44. The fourth-order valence-electron chi connectivity index (χ4n) is 5.16. The summed E-state index contributed by atoms with van der Waals surface area (Å²) in [5.41, 5.74) is 1.99. The van der Waals surface area contributed by atoms with Crippen LogP contribution in [0.1, 0.15) is 35.1 Å². The Morgan fingerprint density at radius 3 is 2.36 bits per heavy atom. The molecule has 11 heteroatoms. The normalized spacial score (nSPS) is 13.0. The van der Waals surface area contributed by atoms with E-state index in [1.165, 1.54) is 23.5 Å². The van der Waals surface area contributed by atoms with Gasteiger partial charge in [0.15, 0.2) is 10.6 Å². The molecule has 0 saturated heterocycles. The van der Waals surface area contributed by atoms with Crippen LogP contribution in [-0.2, 0) is 9.84 Å². The van der Waals surface area contributed by atoms with Gasteiger partial charge in [0.2, 0.25) is 9.84 Å². The van der Waals surface area contributed by atoms with Crippen LogP contribution in [0.5, 0.6) is 5.75 Å². The number of hydrogen-bond acceptors (Lipinski definition) is 8. The van der Waals surface area contributed by atoms with Gasteiger partial charge in [-0.1, -0.05) is 48.5 Å². The lowest BCUT2D eigenvalue weighted by Gasteiger charge is -2.27. The number of amides is 1. The molecule has 1 saturated carbocycles. The van der Waals surface area contributed by atoms with Gasteiger partial charge in [0.05, 0.1) is 20.5 Å². The predicted molar refractivity (Wildman–Crippen MR) is 172 cm³/mol. The molecule has 3 aromatic carbocycles. The highest BCUT2D eigenvalue weighted by Gasteiger charge is 2.32. The number of aromatic amines is 1. The molecular formula is C33H30N4O5S2. The molecule has 0 radical (unpaired) electrons. The summed E-state index contributed by atoms with van der Waals surface area (Å²) in [6.07, 6.45) is 3.50. The smallest absolute Gasteiger partial charge is 0.271 e. The largest absolute Gasteiger partial charge is 0.504 e. The van der Waals surface area contributed by atoms with Crippen LogP contribution >= 0.6 is 11.3 Å². The number of rotatable bonds is 9. The van der Waals surface area contributed by atoms with E-state index in [1.807, 2.05) is 50.2 Å². The Balaban J connectivity index is 1.45. The van der Waals surface area contributed by atoms with Crippen molar-refractivity contribution in [1.29, 1.82) is 0 Å². The lowest BCUT2D eigenvalue weighted by molar-refractivity contribution is 0.0951. The van der Waals surface area contributed by atoms with E-state index in [1.54, 1.807) is 41.4 Å². The number of aromatic nitrogens is 2. The minimum Gasteiger partial charge on any atom is -0.504 e. The van der Waals surface area contributed by atoms with Crippen molar-refractivity contribution in [2.75, 3.05) is 11.4 Å². The molecule has 1 fully saturated rings. The van der Waals surface area contributed by atoms with Crippen molar-refractivity contribution < 1.29 is 18.3 Å². The summed E-state index contributed by atoms with van der Waals surface area (Å²) in [4.78, 5) is 34.8. The van der Waals surface area contributed by atoms with Crippen molar-refractivity contribution in [3.05, 3.63) is 106 Å². The Morgan fingerprint density at radius 2 is 1.73 bits per heavy atom. The van der Waals surface area contributed by atoms with Gasteiger partial charge in [0.25, 0.3) is 11.5 Å². The number of benzene rings is 3. The molecule has 0 aliphatic heterocycles. The van der Waals surface area contributed by atoms with Crippen molar-refractivity contribution in [2.24, 2.45) is 0 Å². The molecule has 2 aromatic heterocycles. The number of pyridine rings is 1. The van der Waals surface area contributed by atoms with Crippen LogP contribution in [0.4, 0.5) is 11.4 Å². The number of hydrogen-bond donors (Lipinski definition) is 3. The topological polar surface area (TPSA) is 132 Å². The summed E-state index contributed by atoms with van der Waals surface area (Å²) in [6.45, 7) is 4.06. The van der Waals surface area contributed by atoms with Gasteiger partial charge in [-0.15, -0.1) is 11.3 Å². The molecule has 5 aromatic rings. The van der Waals surface area contributed by atoms with Crippen LogP contribution in [-0.4, -0.2) is 42.0 Å². The van der Waals surface area contributed by atoms with Gasteiger partial charge in [0, 0.05) is 30.0 Å². The minimum absolute atomic E-state index is 0.160. The van der Waals surface area contributed by atoms with E-state index in [-0.39, 0.29) is 28.2 Å². The fourth-order valence-corrected chi connectivity index (χ4v) is 7.32. The summed E-state index contributed by atoms with van der Waals surface area (Å²) in [7, 11) is -4.49. The Labute approximate surface area is 258 Å². The lowest BCUT2D eigenvalue weighted by atomic mass is 9.99. The number of sulfone groups is 1. The summed E-state index contributed by atoms with van der Waals surface area (Å²) in [6, 6.07) is 22.5. The first kappa shape index (κ1) is 29.3. The highest BCUT2D eigenvalue weighted by atomic mass is 32.2. The zero-order valence-electron chi connectivity index (χ0n) is 24.1. The van der Waals surface area contributed by atoms with Gasteiger partial charge in [-0.2, -0.15) is 0 Å². The first-order valence-corrected chi connectivity index (χ1v) is 16.5. The number of aryl methyl sites for hydroxylation is 1. The third-order valence-electron chi connectivity index (χ3n) is 7.47. The van der Waals surface area contributed by atoms with Crippen LogP contribution in [0.25, 0.3) is 21.7 Å². The van der Waals surface area contributed by atoms with E-state index in [4.69, 9.17) is 0 Å². The number of para-hydroxylation sites is 1. The Kier molecular flexibility index (Phi) is 7.83. The molecule has 0 spiro atoms. The second-order valence-electron chi connectivity index (χ2n) is 10.5. The van der Waals surface area contributed by atoms with E-state index in [2.05, 4.69) is 15.3 Å². The Morgan fingerprint density at radius 1 is 1.05 bits per heavy atom. The summed E-state index contributed by atoms with van der Waals surface area (Å²) in [5, 5.41) is 15.4. The van der Waals surface area contributed by atoms with Crippen LogP contribution < -0.4 is 15.8 Å². The molecule has 9 nitrogen and oxygen atoms in total. The summed E-state index contributed by atoms with van der Waals surface area (Å²) >= 11 is 1.32. The second-order valence-corrected chi connectivity index (χ2v) is 13.6. The van der Waals surface area contributed by atoms with E-state index in [9.17, 15) is 23.1 Å². The standard InChI is InChI=1S/C33H30N4O5S2/c1-3-37(23-9-5-4-6-10-23)29-28(27-19-34-20(2)43-27)36-33(40)31(30(29)38)44(41,42)24-17-13-21(14-18-24)25-11-7-8-12-26(25)32(39)35-22-15-16-22/h4-14,17-19,22H,3,15-16H2,1-2H3,(H,35,39)(H2,36,38,40). The average Bonchev–Trinajstić information content (AvgIpc) is 3.74. The highest BCUT2D eigenvalue weighted by molar-refractivity contribution is 7.91. The molecular weight excluding hydrogens is 597 g/mol. The maximum atomic E-state index is 14.0. The molecule has 44 heavy (non-hydrogen) atoms. The summed E-state index contributed by atoms with van der Waals surface area (Å²) < 4.78 is 28.0. The van der Waals surface area contributed by atoms with Crippen molar-refractivity contribution in [3.63, 3.8) is 0 Å². The fraction of sp³-hybridized carbons (Fsp3) is 0.182. The number of nitrogens with zero attached hydrogens (tertiary/aromatic N) is 2. The molecule has 1 aliphatic carbocycles. The monoisotopic (exact) mass is 626 g/mol. The van der Waals surface area contributed by atoms with Crippen LogP contribution in [0.2, 0.25) is 0 Å². The zero-order chi connectivity index (χ0) is 31.0. The number of carbonyl (C=O) groups excluding carboxylic acids is 1. The van der Waals surface area contributed by atoms with E-state index in [0.717, 1.165) is 17.8 Å². The van der Waals surface area contributed by atoms with Crippen molar-refractivity contribution in [3.8, 4) is 27.4 Å². The molecule has 6 rings (SSSR count). The predicted octanol–water partition coefficient (Wildman–Crippen LogP) is 6.06. The minimum atomic E-state index is -4.49. The third kappa shape index (κ3) is 5.51. The Bertz CT molecular complexity index is 2020.